The highest BCUT2D eigenvalue weighted by Gasteiger charge is 2.33. The van der Waals surface area contributed by atoms with E-state index in [-0.39, 0.29) is 6.04 Å². The Hall–Kier alpha value is -2.13. The zero-order valence-corrected chi connectivity index (χ0v) is 16.4. The average molecular weight is 399 g/mol. The first-order valence-corrected chi connectivity index (χ1v) is 9.36. The topological polar surface area (TPSA) is 52.6 Å². The second kappa shape index (κ2) is 9.70. The molecule has 1 atom stereocenters. The summed E-state index contributed by atoms with van der Waals surface area (Å²) in [5, 5.41) is 7.87. The van der Waals surface area contributed by atoms with E-state index < -0.39 is 11.9 Å². The number of hydrogen-bond acceptors (Lipinski definition) is 4. The Bertz CT molecular complexity index is 728. The maximum absolute atomic E-state index is 12.6. The van der Waals surface area contributed by atoms with Crippen LogP contribution >= 0.6 is 11.3 Å². The van der Waals surface area contributed by atoms with Crippen LogP contribution in [0.4, 0.5) is 13.2 Å². The summed E-state index contributed by atoms with van der Waals surface area (Å²) < 4.78 is 37.7. The molecule has 2 rings (SSSR count). The van der Waals surface area contributed by atoms with Gasteiger partial charge in [-0.2, -0.15) is 13.2 Å². The number of rotatable bonds is 7. The van der Waals surface area contributed by atoms with E-state index in [4.69, 9.17) is 0 Å². The van der Waals surface area contributed by atoms with Gasteiger partial charge in [0.1, 0.15) is 0 Å². The minimum absolute atomic E-state index is 0.165. The SMILES string of the molecule is CN=C(NCCc1nc(C(F)(F)F)cs1)NCC(c1ccccc1)N(C)C. The van der Waals surface area contributed by atoms with Gasteiger partial charge in [-0.15, -0.1) is 11.3 Å². The smallest absolute Gasteiger partial charge is 0.356 e. The zero-order chi connectivity index (χ0) is 19.9. The zero-order valence-electron chi connectivity index (χ0n) is 15.5. The van der Waals surface area contributed by atoms with Crippen LogP contribution in [0.2, 0.25) is 0 Å². The maximum atomic E-state index is 12.6. The van der Waals surface area contributed by atoms with E-state index in [2.05, 4.69) is 37.6 Å². The molecule has 1 heterocycles. The molecule has 0 radical (unpaired) electrons. The van der Waals surface area contributed by atoms with Crippen LogP contribution in [-0.2, 0) is 12.6 Å². The first-order chi connectivity index (χ1) is 12.8. The highest BCUT2D eigenvalue weighted by molar-refractivity contribution is 7.09. The average Bonchev–Trinajstić information content (AvgIpc) is 3.10. The van der Waals surface area contributed by atoms with Gasteiger partial charge in [0.25, 0.3) is 0 Å². The van der Waals surface area contributed by atoms with E-state index in [0.29, 0.717) is 30.5 Å². The van der Waals surface area contributed by atoms with E-state index in [1.807, 2.05) is 32.3 Å². The Morgan fingerprint density at radius 2 is 1.93 bits per heavy atom. The molecule has 0 saturated carbocycles. The van der Waals surface area contributed by atoms with Gasteiger partial charge in [0, 0.05) is 31.9 Å². The van der Waals surface area contributed by atoms with E-state index in [0.717, 1.165) is 16.7 Å². The van der Waals surface area contributed by atoms with Gasteiger partial charge in [-0.05, 0) is 19.7 Å². The molecule has 0 saturated heterocycles. The number of aliphatic imine (C=N–C) groups is 1. The van der Waals surface area contributed by atoms with Gasteiger partial charge in [0.15, 0.2) is 11.7 Å². The second-order valence-electron chi connectivity index (χ2n) is 6.14. The molecule has 9 heteroatoms. The van der Waals surface area contributed by atoms with Gasteiger partial charge in [0.05, 0.1) is 11.0 Å². The number of nitrogens with zero attached hydrogens (tertiary/aromatic N) is 3. The minimum atomic E-state index is -4.39. The second-order valence-corrected chi connectivity index (χ2v) is 7.09. The summed E-state index contributed by atoms with van der Waals surface area (Å²) in [5.41, 5.74) is 0.356. The van der Waals surface area contributed by atoms with Crippen molar-refractivity contribution in [2.24, 2.45) is 4.99 Å². The maximum Gasteiger partial charge on any atom is 0.434 e. The van der Waals surface area contributed by atoms with Crippen LogP contribution in [0.1, 0.15) is 22.3 Å². The van der Waals surface area contributed by atoms with Crippen molar-refractivity contribution in [3.05, 3.63) is 52.0 Å². The molecular formula is C18H24F3N5S. The number of guanidine groups is 1. The van der Waals surface area contributed by atoms with Crippen molar-refractivity contribution in [2.75, 3.05) is 34.2 Å². The number of hydrogen-bond donors (Lipinski definition) is 2. The Labute approximate surface area is 161 Å². The van der Waals surface area contributed by atoms with Crippen LogP contribution in [-0.4, -0.2) is 50.1 Å². The van der Waals surface area contributed by atoms with Gasteiger partial charge in [-0.1, -0.05) is 30.3 Å². The third-order valence-electron chi connectivity index (χ3n) is 3.97. The normalized spacial score (nSPS) is 13.7. The molecule has 0 aliphatic carbocycles. The molecule has 27 heavy (non-hydrogen) atoms. The van der Waals surface area contributed by atoms with E-state index in [9.17, 15) is 13.2 Å². The van der Waals surface area contributed by atoms with Crippen molar-refractivity contribution >= 4 is 17.3 Å². The fourth-order valence-electron chi connectivity index (χ4n) is 2.53. The number of alkyl halides is 3. The first kappa shape index (κ1) is 21.2. The molecule has 148 valence electrons. The predicted molar refractivity (Wildman–Crippen MR) is 103 cm³/mol. The van der Waals surface area contributed by atoms with Gasteiger partial charge in [0.2, 0.25) is 0 Å². The van der Waals surface area contributed by atoms with Crippen molar-refractivity contribution in [1.29, 1.82) is 0 Å². The van der Waals surface area contributed by atoms with E-state index in [1.165, 1.54) is 5.56 Å². The third-order valence-corrected chi connectivity index (χ3v) is 4.88. The van der Waals surface area contributed by atoms with E-state index in [1.54, 1.807) is 7.05 Å². The molecule has 0 fully saturated rings. The molecule has 0 spiro atoms. The molecule has 5 nitrogen and oxygen atoms in total. The molecule has 1 aromatic heterocycles. The number of nitrogens with one attached hydrogen (secondary N) is 2. The lowest BCUT2D eigenvalue weighted by molar-refractivity contribution is -0.140. The first-order valence-electron chi connectivity index (χ1n) is 8.48. The summed E-state index contributed by atoms with van der Waals surface area (Å²) in [6, 6.07) is 10.3. The number of thiazole rings is 1. The van der Waals surface area contributed by atoms with Crippen LogP contribution in [0.5, 0.6) is 0 Å². The Morgan fingerprint density at radius 1 is 1.22 bits per heavy atom. The largest absolute Gasteiger partial charge is 0.434 e. The van der Waals surface area contributed by atoms with E-state index >= 15 is 0 Å². The third kappa shape index (κ3) is 6.51. The number of halogens is 3. The molecule has 0 amide bonds. The predicted octanol–water partition coefficient (Wildman–Crippen LogP) is 3.17. The Morgan fingerprint density at radius 3 is 2.48 bits per heavy atom. The Kier molecular flexibility index (Phi) is 7.61. The highest BCUT2D eigenvalue weighted by Crippen LogP contribution is 2.30. The van der Waals surface area contributed by atoms with Crippen molar-refractivity contribution in [1.82, 2.24) is 20.5 Å². The van der Waals surface area contributed by atoms with Crippen molar-refractivity contribution in [3.8, 4) is 0 Å². The summed E-state index contributed by atoms with van der Waals surface area (Å²) in [5.74, 6) is 0.602. The Balaban J connectivity index is 1.84. The van der Waals surface area contributed by atoms with Crippen LogP contribution in [0, 0.1) is 0 Å². The molecule has 1 aromatic carbocycles. The minimum Gasteiger partial charge on any atom is -0.356 e. The molecule has 0 aliphatic heterocycles. The quantitative estimate of drug-likeness (QED) is 0.555. The number of likely N-dealkylation sites (N-methyl/N-ethyl adjacent to an activating group) is 1. The number of aromatic nitrogens is 1. The summed E-state index contributed by atoms with van der Waals surface area (Å²) in [6.45, 7) is 1.09. The molecule has 1 unspecified atom stereocenters. The highest BCUT2D eigenvalue weighted by atomic mass is 32.1. The van der Waals surface area contributed by atoms with Crippen LogP contribution < -0.4 is 10.6 Å². The van der Waals surface area contributed by atoms with Crippen LogP contribution in [0.25, 0.3) is 0 Å². The van der Waals surface area contributed by atoms with Gasteiger partial charge in [-0.3, -0.25) is 4.99 Å². The fourth-order valence-corrected chi connectivity index (χ4v) is 3.34. The molecule has 2 aromatic rings. The van der Waals surface area contributed by atoms with Crippen molar-refractivity contribution in [3.63, 3.8) is 0 Å². The molecule has 0 bridgehead atoms. The van der Waals surface area contributed by atoms with Crippen LogP contribution in [0.15, 0.2) is 40.7 Å². The van der Waals surface area contributed by atoms with Crippen LogP contribution in [0.3, 0.4) is 0 Å². The summed E-state index contributed by atoms with van der Waals surface area (Å²) in [6.07, 6.45) is -3.99. The molecular weight excluding hydrogens is 375 g/mol. The van der Waals surface area contributed by atoms with Crippen molar-refractivity contribution in [2.45, 2.75) is 18.6 Å². The lowest BCUT2D eigenvalue weighted by Gasteiger charge is -2.26. The summed E-state index contributed by atoms with van der Waals surface area (Å²) in [4.78, 5) is 9.91. The fraction of sp³-hybridized carbons (Fsp3) is 0.444. The molecule has 0 aliphatic rings. The standard InChI is InChI=1S/C18H24F3N5S/c1-22-17(23-10-9-16-25-15(12-27-16)18(19,20)21)24-11-14(26(2)3)13-7-5-4-6-8-13/h4-8,12,14H,9-11H2,1-3H3,(H2,22,23,24). The van der Waals surface area contributed by atoms with Gasteiger partial charge in [-0.25, -0.2) is 4.98 Å². The lowest BCUT2D eigenvalue weighted by atomic mass is 10.1. The van der Waals surface area contributed by atoms with Gasteiger partial charge >= 0.3 is 6.18 Å². The van der Waals surface area contributed by atoms with Gasteiger partial charge < -0.3 is 15.5 Å². The number of benzene rings is 1. The lowest BCUT2D eigenvalue weighted by Crippen LogP contribution is -2.42. The van der Waals surface area contributed by atoms with Crippen molar-refractivity contribution < 1.29 is 13.2 Å². The molecule has 2 N–H and O–H groups in total. The summed E-state index contributed by atoms with van der Waals surface area (Å²) in [7, 11) is 5.68. The monoisotopic (exact) mass is 399 g/mol. The summed E-state index contributed by atoms with van der Waals surface area (Å²) >= 11 is 1.02.